The summed E-state index contributed by atoms with van der Waals surface area (Å²) in [6.07, 6.45) is 2.45. The van der Waals surface area contributed by atoms with Gasteiger partial charge in [-0.05, 0) is 37.2 Å². The maximum Gasteiger partial charge on any atom is 0.269 e. The molecule has 1 aliphatic carbocycles. The Morgan fingerprint density at radius 2 is 1.81 bits per heavy atom. The Morgan fingerprint density at radius 1 is 1.19 bits per heavy atom. The van der Waals surface area contributed by atoms with E-state index in [4.69, 9.17) is 12.2 Å². The number of piperazine rings is 1. The van der Waals surface area contributed by atoms with Crippen molar-refractivity contribution in [2.24, 2.45) is 0 Å². The summed E-state index contributed by atoms with van der Waals surface area (Å²) in [5, 5.41) is 14.9. The molecule has 0 atom stereocenters. The lowest BCUT2D eigenvalue weighted by molar-refractivity contribution is -0.384. The minimum Gasteiger partial charge on any atom is -0.368 e. The van der Waals surface area contributed by atoms with E-state index in [1.54, 1.807) is 12.1 Å². The Kier molecular flexibility index (Phi) is 3.92. The zero-order valence-corrected chi connectivity index (χ0v) is 12.5. The van der Waals surface area contributed by atoms with E-state index in [0.717, 1.165) is 37.0 Å². The van der Waals surface area contributed by atoms with Crippen molar-refractivity contribution < 1.29 is 4.92 Å². The predicted molar refractivity (Wildman–Crippen MR) is 85.6 cm³/mol. The van der Waals surface area contributed by atoms with E-state index < -0.39 is 0 Å². The van der Waals surface area contributed by atoms with E-state index in [2.05, 4.69) is 15.1 Å². The van der Waals surface area contributed by atoms with Gasteiger partial charge in [-0.1, -0.05) is 0 Å². The van der Waals surface area contributed by atoms with Gasteiger partial charge in [-0.15, -0.1) is 0 Å². The molecule has 1 aliphatic heterocycles. The number of anilines is 1. The Bertz CT molecular complexity index is 536. The van der Waals surface area contributed by atoms with Crippen LogP contribution in [0.15, 0.2) is 24.3 Å². The average Bonchev–Trinajstić information content (AvgIpc) is 3.31. The molecule has 0 spiro atoms. The number of nitrogens with one attached hydrogen (secondary N) is 1. The fraction of sp³-hybridized carbons (Fsp3) is 0.500. The lowest BCUT2D eigenvalue weighted by atomic mass is 10.2. The van der Waals surface area contributed by atoms with E-state index >= 15 is 0 Å². The molecule has 0 radical (unpaired) electrons. The molecular weight excluding hydrogens is 288 g/mol. The smallest absolute Gasteiger partial charge is 0.269 e. The monoisotopic (exact) mass is 306 g/mol. The van der Waals surface area contributed by atoms with E-state index in [-0.39, 0.29) is 10.6 Å². The molecule has 1 aromatic carbocycles. The van der Waals surface area contributed by atoms with Crippen LogP contribution < -0.4 is 10.2 Å². The van der Waals surface area contributed by atoms with Gasteiger partial charge in [0.15, 0.2) is 5.11 Å². The van der Waals surface area contributed by atoms with Crippen LogP contribution in [0.4, 0.5) is 11.4 Å². The van der Waals surface area contributed by atoms with Crippen LogP contribution >= 0.6 is 12.2 Å². The van der Waals surface area contributed by atoms with Gasteiger partial charge in [0.05, 0.1) is 4.92 Å². The number of benzene rings is 1. The quantitative estimate of drug-likeness (QED) is 0.521. The lowest BCUT2D eigenvalue weighted by Crippen LogP contribution is -2.52. The fourth-order valence-electron chi connectivity index (χ4n) is 2.45. The lowest BCUT2D eigenvalue weighted by Gasteiger charge is -2.37. The van der Waals surface area contributed by atoms with Gasteiger partial charge in [0.25, 0.3) is 5.69 Å². The first-order chi connectivity index (χ1) is 10.1. The molecule has 2 fully saturated rings. The molecule has 0 amide bonds. The first-order valence-electron chi connectivity index (χ1n) is 7.18. The van der Waals surface area contributed by atoms with Crippen LogP contribution in [0, 0.1) is 10.1 Å². The summed E-state index contributed by atoms with van der Waals surface area (Å²) in [6, 6.07) is 7.33. The van der Waals surface area contributed by atoms with Crippen molar-refractivity contribution in [3.8, 4) is 0 Å². The van der Waals surface area contributed by atoms with Crippen molar-refractivity contribution in [2.75, 3.05) is 31.1 Å². The van der Waals surface area contributed by atoms with Crippen molar-refractivity contribution >= 4 is 28.7 Å². The van der Waals surface area contributed by atoms with E-state index in [1.165, 1.54) is 12.8 Å². The molecule has 1 saturated carbocycles. The summed E-state index contributed by atoms with van der Waals surface area (Å²) in [5.74, 6) is 0. The third kappa shape index (κ3) is 3.41. The van der Waals surface area contributed by atoms with Crippen molar-refractivity contribution in [3.05, 3.63) is 34.4 Å². The molecule has 112 valence electrons. The Morgan fingerprint density at radius 3 is 2.33 bits per heavy atom. The van der Waals surface area contributed by atoms with Crippen LogP contribution in [-0.4, -0.2) is 47.2 Å². The summed E-state index contributed by atoms with van der Waals surface area (Å²) in [6.45, 7) is 3.53. The average molecular weight is 306 g/mol. The molecule has 1 heterocycles. The van der Waals surface area contributed by atoms with Gasteiger partial charge in [-0.2, -0.15) is 0 Å². The molecule has 21 heavy (non-hydrogen) atoms. The van der Waals surface area contributed by atoms with Crippen LogP contribution in [0.2, 0.25) is 0 Å². The van der Waals surface area contributed by atoms with Crippen molar-refractivity contribution in [1.29, 1.82) is 0 Å². The standard InChI is InChI=1S/C14H18N4O2S/c19-18(20)13-5-3-12(4-6-13)16-7-9-17(10-8-16)14(21)15-11-1-2-11/h3-6,11H,1-2,7-10H2,(H,15,21). The van der Waals surface area contributed by atoms with E-state index in [0.29, 0.717) is 6.04 Å². The summed E-state index contributed by atoms with van der Waals surface area (Å²) in [7, 11) is 0. The second kappa shape index (κ2) is 5.85. The van der Waals surface area contributed by atoms with Crippen LogP contribution in [-0.2, 0) is 0 Å². The maximum absolute atomic E-state index is 10.7. The molecule has 6 nitrogen and oxygen atoms in total. The van der Waals surface area contributed by atoms with Crippen LogP contribution in [0.1, 0.15) is 12.8 Å². The number of hydrogen-bond acceptors (Lipinski definition) is 4. The maximum atomic E-state index is 10.7. The zero-order valence-electron chi connectivity index (χ0n) is 11.7. The van der Waals surface area contributed by atoms with E-state index in [9.17, 15) is 10.1 Å². The van der Waals surface area contributed by atoms with Gasteiger partial charge >= 0.3 is 0 Å². The zero-order chi connectivity index (χ0) is 14.8. The minimum atomic E-state index is -0.371. The van der Waals surface area contributed by atoms with Gasteiger partial charge in [0.1, 0.15) is 0 Å². The normalized spacial score (nSPS) is 18.5. The number of nitro benzene ring substituents is 1. The molecule has 3 rings (SSSR count). The van der Waals surface area contributed by atoms with Gasteiger partial charge in [0.2, 0.25) is 0 Å². The number of thiocarbonyl (C=S) groups is 1. The van der Waals surface area contributed by atoms with Crippen LogP contribution in [0.5, 0.6) is 0 Å². The van der Waals surface area contributed by atoms with Crippen LogP contribution in [0.25, 0.3) is 0 Å². The molecule has 2 aliphatic rings. The fourth-order valence-corrected chi connectivity index (χ4v) is 2.80. The number of nitro groups is 1. The highest BCUT2D eigenvalue weighted by atomic mass is 32.1. The predicted octanol–water partition coefficient (Wildman–Crippen LogP) is 1.75. The van der Waals surface area contributed by atoms with E-state index in [1.807, 2.05) is 12.1 Å². The second-order valence-electron chi connectivity index (χ2n) is 5.47. The highest BCUT2D eigenvalue weighted by Crippen LogP contribution is 2.22. The molecular formula is C14H18N4O2S. The molecule has 0 bridgehead atoms. The number of hydrogen-bond donors (Lipinski definition) is 1. The van der Waals surface area contributed by atoms with Gasteiger partial charge in [-0.3, -0.25) is 10.1 Å². The van der Waals surface area contributed by atoms with Gasteiger partial charge in [-0.25, -0.2) is 0 Å². The number of rotatable bonds is 3. The third-order valence-corrected chi connectivity index (χ3v) is 4.27. The Labute approximate surface area is 128 Å². The minimum absolute atomic E-state index is 0.132. The molecule has 7 heteroatoms. The molecule has 0 aromatic heterocycles. The highest BCUT2D eigenvalue weighted by Gasteiger charge is 2.25. The van der Waals surface area contributed by atoms with Crippen molar-refractivity contribution in [1.82, 2.24) is 10.2 Å². The molecule has 1 aromatic rings. The summed E-state index contributed by atoms with van der Waals surface area (Å²) < 4.78 is 0. The number of nitrogens with zero attached hydrogens (tertiary/aromatic N) is 3. The Balaban J connectivity index is 1.54. The summed E-state index contributed by atoms with van der Waals surface area (Å²) >= 11 is 5.41. The summed E-state index contributed by atoms with van der Waals surface area (Å²) in [5.41, 5.74) is 1.16. The van der Waals surface area contributed by atoms with Gasteiger partial charge in [0, 0.05) is 50.0 Å². The topological polar surface area (TPSA) is 61.7 Å². The van der Waals surface area contributed by atoms with Gasteiger partial charge < -0.3 is 15.1 Å². The van der Waals surface area contributed by atoms with Crippen molar-refractivity contribution in [3.63, 3.8) is 0 Å². The van der Waals surface area contributed by atoms with Crippen molar-refractivity contribution in [2.45, 2.75) is 18.9 Å². The third-order valence-electron chi connectivity index (χ3n) is 3.90. The number of non-ortho nitro benzene ring substituents is 1. The first kappa shape index (κ1) is 14.1. The van der Waals surface area contributed by atoms with Crippen LogP contribution in [0.3, 0.4) is 0 Å². The second-order valence-corrected chi connectivity index (χ2v) is 5.86. The first-order valence-corrected chi connectivity index (χ1v) is 7.59. The summed E-state index contributed by atoms with van der Waals surface area (Å²) in [4.78, 5) is 14.7. The molecule has 1 saturated heterocycles. The molecule has 0 unspecified atom stereocenters. The molecule has 1 N–H and O–H groups in total. The Hall–Kier alpha value is -1.89. The largest absolute Gasteiger partial charge is 0.368 e. The highest BCUT2D eigenvalue weighted by molar-refractivity contribution is 7.80. The SMILES string of the molecule is O=[N+]([O-])c1ccc(N2CCN(C(=S)NC3CC3)CC2)cc1.